The summed E-state index contributed by atoms with van der Waals surface area (Å²) in [6.07, 6.45) is 5.64. The summed E-state index contributed by atoms with van der Waals surface area (Å²) < 4.78 is 3.67. The van der Waals surface area contributed by atoms with Gasteiger partial charge in [0.05, 0.1) is 0 Å². The molecule has 0 aliphatic heterocycles. The van der Waals surface area contributed by atoms with Gasteiger partial charge in [-0.25, -0.2) is 9.67 Å². The average molecular weight is 261 g/mol. The van der Waals surface area contributed by atoms with Crippen LogP contribution < -0.4 is 0 Å². The van der Waals surface area contributed by atoms with Crippen LogP contribution in [-0.2, 0) is 0 Å². The van der Waals surface area contributed by atoms with E-state index in [0.29, 0.717) is 5.92 Å². The molecular formula is C10H11N7S. The van der Waals surface area contributed by atoms with Crippen molar-refractivity contribution in [2.45, 2.75) is 31.7 Å². The molecule has 1 saturated carbocycles. The first-order valence-electron chi connectivity index (χ1n) is 5.89. The number of rotatable bonds is 3. The highest BCUT2D eigenvalue weighted by molar-refractivity contribution is 7.16. The number of aromatic nitrogens is 7. The standard InChI is InChI=1S/C10H11N7S/c1-6(16-5-11-4-12-16)9-15-17-8(7-2-3-7)13-14-10(17)18-9/h4-7H,2-3H2,1H3/t6-/m1/s1. The fourth-order valence-electron chi connectivity index (χ4n) is 1.94. The molecular weight excluding hydrogens is 250 g/mol. The first-order valence-corrected chi connectivity index (χ1v) is 6.70. The largest absolute Gasteiger partial charge is 0.243 e. The Labute approximate surface area is 106 Å². The maximum absolute atomic E-state index is 4.61. The first kappa shape index (κ1) is 10.1. The Morgan fingerprint density at radius 3 is 3.00 bits per heavy atom. The van der Waals surface area contributed by atoms with E-state index in [-0.39, 0.29) is 6.04 Å². The predicted octanol–water partition coefficient (Wildman–Crippen LogP) is 1.26. The Kier molecular flexibility index (Phi) is 2.01. The summed E-state index contributed by atoms with van der Waals surface area (Å²) in [5.41, 5.74) is 0. The van der Waals surface area contributed by atoms with Crippen molar-refractivity contribution in [2.24, 2.45) is 0 Å². The highest BCUT2D eigenvalue weighted by Crippen LogP contribution is 2.39. The summed E-state index contributed by atoms with van der Waals surface area (Å²) in [7, 11) is 0. The Balaban J connectivity index is 1.77. The quantitative estimate of drug-likeness (QED) is 0.709. The van der Waals surface area contributed by atoms with Gasteiger partial charge in [-0.3, -0.25) is 0 Å². The van der Waals surface area contributed by atoms with Gasteiger partial charge in [0, 0.05) is 5.92 Å². The van der Waals surface area contributed by atoms with Gasteiger partial charge in [-0.15, -0.1) is 10.2 Å². The van der Waals surface area contributed by atoms with Crippen molar-refractivity contribution >= 4 is 16.3 Å². The van der Waals surface area contributed by atoms with Gasteiger partial charge in [0.25, 0.3) is 0 Å². The van der Waals surface area contributed by atoms with E-state index in [2.05, 4.69) is 32.3 Å². The van der Waals surface area contributed by atoms with Crippen LogP contribution in [0, 0.1) is 0 Å². The summed E-state index contributed by atoms with van der Waals surface area (Å²) in [4.78, 5) is 4.82. The van der Waals surface area contributed by atoms with Gasteiger partial charge in [0.15, 0.2) is 5.82 Å². The van der Waals surface area contributed by atoms with Gasteiger partial charge in [-0.2, -0.15) is 14.7 Å². The van der Waals surface area contributed by atoms with Gasteiger partial charge in [-0.1, -0.05) is 11.3 Å². The highest BCUT2D eigenvalue weighted by Gasteiger charge is 2.30. The van der Waals surface area contributed by atoms with Gasteiger partial charge in [0.2, 0.25) is 4.96 Å². The zero-order chi connectivity index (χ0) is 12.1. The SMILES string of the molecule is C[C@H](c1nn2c(C3CC3)nnc2s1)n1cncn1. The van der Waals surface area contributed by atoms with Gasteiger partial charge < -0.3 is 0 Å². The first-order chi connectivity index (χ1) is 8.83. The minimum Gasteiger partial charge on any atom is -0.243 e. The molecule has 7 nitrogen and oxygen atoms in total. The Bertz CT molecular complexity index is 678. The smallest absolute Gasteiger partial charge is 0.234 e. The molecule has 0 spiro atoms. The summed E-state index contributed by atoms with van der Waals surface area (Å²) in [5.74, 6) is 1.55. The van der Waals surface area contributed by atoms with Crippen LogP contribution >= 0.6 is 11.3 Å². The zero-order valence-corrected chi connectivity index (χ0v) is 10.6. The lowest BCUT2D eigenvalue weighted by molar-refractivity contribution is 0.552. The van der Waals surface area contributed by atoms with Crippen molar-refractivity contribution < 1.29 is 0 Å². The third-order valence-corrected chi connectivity index (χ3v) is 4.23. The molecule has 4 rings (SSSR count). The van der Waals surface area contributed by atoms with Crippen molar-refractivity contribution in [3.63, 3.8) is 0 Å². The number of hydrogen-bond acceptors (Lipinski definition) is 6. The Hall–Kier alpha value is -1.83. The fourth-order valence-corrected chi connectivity index (χ4v) is 2.83. The lowest BCUT2D eigenvalue weighted by Crippen LogP contribution is -2.07. The second-order valence-electron chi connectivity index (χ2n) is 4.52. The summed E-state index contributed by atoms with van der Waals surface area (Å²) in [6, 6.07) is 0.0752. The van der Waals surface area contributed by atoms with Crippen LogP contribution in [-0.4, -0.2) is 34.6 Å². The molecule has 3 heterocycles. The predicted molar refractivity (Wildman–Crippen MR) is 64.5 cm³/mol. The summed E-state index contributed by atoms with van der Waals surface area (Å²) in [6.45, 7) is 2.05. The van der Waals surface area contributed by atoms with Crippen molar-refractivity contribution in [2.75, 3.05) is 0 Å². The van der Waals surface area contributed by atoms with E-state index in [4.69, 9.17) is 0 Å². The normalized spacial score (nSPS) is 17.4. The van der Waals surface area contributed by atoms with Crippen molar-refractivity contribution in [1.82, 2.24) is 34.6 Å². The summed E-state index contributed by atoms with van der Waals surface area (Å²) in [5, 5.41) is 18.1. The molecule has 0 unspecified atom stereocenters. The van der Waals surface area contributed by atoms with Crippen LogP contribution in [0.5, 0.6) is 0 Å². The minimum atomic E-state index is 0.0752. The van der Waals surface area contributed by atoms with E-state index in [1.807, 2.05) is 4.52 Å². The molecule has 92 valence electrons. The topological polar surface area (TPSA) is 73.8 Å². The van der Waals surface area contributed by atoms with Crippen molar-refractivity contribution in [3.05, 3.63) is 23.5 Å². The van der Waals surface area contributed by atoms with E-state index in [1.54, 1.807) is 22.3 Å². The molecule has 1 aliphatic rings. The lowest BCUT2D eigenvalue weighted by atomic mass is 10.4. The highest BCUT2D eigenvalue weighted by atomic mass is 32.1. The van der Waals surface area contributed by atoms with E-state index in [0.717, 1.165) is 15.8 Å². The molecule has 1 aliphatic carbocycles. The van der Waals surface area contributed by atoms with E-state index in [1.165, 1.54) is 19.2 Å². The maximum atomic E-state index is 4.61. The molecule has 0 amide bonds. The molecule has 0 N–H and O–H groups in total. The molecule has 3 aromatic heterocycles. The number of fused-ring (bicyclic) bond motifs is 1. The second-order valence-corrected chi connectivity index (χ2v) is 5.51. The summed E-state index contributed by atoms with van der Waals surface area (Å²) >= 11 is 1.56. The van der Waals surface area contributed by atoms with E-state index >= 15 is 0 Å². The van der Waals surface area contributed by atoms with Crippen LogP contribution in [0.2, 0.25) is 0 Å². The average Bonchev–Trinajstić information content (AvgIpc) is 2.85. The molecule has 1 atom stereocenters. The third-order valence-electron chi connectivity index (χ3n) is 3.16. The fraction of sp³-hybridized carbons (Fsp3) is 0.500. The molecule has 8 heteroatoms. The van der Waals surface area contributed by atoms with Gasteiger partial charge >= 0.3 is 0 Å². The number of hydrogen-bond donors (Lipinski definition) is 0. The molecule has 0 bridgehead atoms. The zero-order valence-electron chi connectivity index (χ0n) is 9.76. The second kappa shape index (κ2) is 3.58. The van der Waals surface area contributed by atoms with Crippen LogP contribution in [0.3, 0.4) is 0 Å². The van der Waals surface area contributed by atoms with E-state index in [9.17, 15) is 0 Å². The molecule has 0 radical (unpaired) electrons. The third kappa shape index (κ3) is 1.45. The van der Waals surface area contributed by atoms with Crippen LogP contribution in [0.15, 0.2) is 12.7 Å². The molecule has 0 aromatic carbocycles. The monoisotopic (exact) mass is 261 g/mol. The van der Waals surface area contributed by atoms with Crippen molar-refractivity contribution in [1.29, 1.82) is 0 Å². The molecule has 18 heavy (non-hydrogen) atoms. The van der Waals surface area contributed by atoms with Crippen LogP contribution in [0.4, 0.5) is 0 Å². The van der Waals surface area contributed by atoms with E-state index < -0.39 is 0 Å². The van der Waals surface area contributed by atoms with Crippen molar-refractivity contribution in [3.8, 4) is 0 Å². The van der Waals surface area contributed by atoms with Gasteiger partial charge in [-0.05, 0) is 19.8 Å². The Morgan fingerprint density at radius 2 is 2.28 bits per heavy atom. The van der Waals surface area contributed by atoms with Crippen LogP contribution in [0.1, 0.15) is 42.6 Å². The number of nitrogens with zero attached hydrogens (tertiary/aromatic N) is 7. The maximum Gasteiger partial charge on any atom is 0.234 e. The van der Waals surface area contributed by atoms with Gasteiger partial charge in [0.1, 0.15) is 23.7 Å². The van der Waals surface area contributed by atoms with Crippen LogP contribution in [0.25, 0.3) is 4.96 Å². The Morgan fingerprint density at radius 1 is 1.39 bits per heavy atom. The molecule has 0 saturated heterocycles. The molecule has 3 aromatic rings. The minimum absolute atomic E-state index is 0.0752. The molecule has 1 fully saturated rings. The lowest BCUT2D eigenvalue weighted by Gasteiger charge is -2.06.